The lowest BCUT2D eigenvalue weighted by Crippen LogP contribution is -2.16. The maximum atomic E-state index is 10.2. The summed E-state index contributed by atoms with van der Waals surface area (Å²) in [5.41, 5.74) is 0.633. The lowest BCUT2D eigenvalue weighted by Gasteiger charge is -2.15. The highest BCUT2D eigenvalue weighted by molar-refractivity contribution is 5.96. The third-order valence-corrected chi connectivity index (χ3v) is 3.31. The Bertz CT molecular complexity index is 678. The topological polar surface area (TPSA) is 94.6 Å². The van der Waals surface area contributed by atoms with Crippen LogP contribution in [-0.2, 0) is 4.79 Å². The summed E-state index contributed by atoms with van der Waals surface area (Å²) >= 11 is 0. The number of benzene rings is 1. The molecule has 0 unspecified atom stereocenters. The van der Waals surface area contributed by atoms with E-state index in [-0.39, 0.29) is 0 Å². The molecular weight excluding hydrogens is 300 g/mol. The quantitative estimate of drug-likeness (QED) is 0.529. The molecule has 1 aromatic heterocycles. The predicted octanol–water partition coefficient (Wildman–Crippen LogP) is 1.20. The van der Waals surface area contributed by atoms with Gasteiger partial charge in [0.25, 0.3) is 0 Å². The molecule has 0 aliphatic heterocycles. The van der Waals surface area contributed by atoms with Gasteiger partial charge in [-0.2, -0.15) is 0 Å². The molecule has 23 heavy (non-hydrogen) atoms. The summed E-state index contributed by atoms with van der Waals surface area (Å²) < 4.78 is 16.2. The number of nitrogens with one attached hydrogen (secondary N) is 2. The van der Waals surface area contributed by atoms with Crippen LogP contribution in [0.1, 0.15) is 6.42 Å². The number of amides is 1. The summed E-state index contributed by atoms with van der Waals surface area (Å²) in [6, 6.07) is 1.81. The third-order valence-electron chi connectivity index (χ3n) is 3.31. The molecular formula is C15H20N4O4. The Balaban J connectivity index is 2.37. The minimum atomic E-state index is 0.488. The first-order valence-corrected chi connectivity index (χ1v) is 7.11. The predicted molar refractivity (Wildman–Crippen MR) is 86.4 cm³/mol. The summed E-state index contributed by atoms with van der Waals surface area (Å²) in [6.07, 6.45) is 2.92. The zero-order valence-electron chi connectivity index (χ0n) is 13.4. The van der Waals surface area contributed by atoms with E-state index in [0.717, 1.165) is 11.8 Å². The zero-order chi connectivity index (χ0) is 16.7. The second kappa shape index (κ2) is 8.02. The van der Waals surface area contributed by atoms with Crippen molar-refractivity contribution in [3.05, 3.63) is 12.4 Å². The Morgan fingerprint density at radius 2 is 1.87 bits per heavy atom. The first-order valence-electron chi connectivity index (χ1n) is 7.11. The van der Waals surface area contributed by atoms with Crippen LogP contribution in [0.4, 0.5) is 5.82 Å². The SMILES string of the molecule is COc1cc2c(NCCCNC=O)ncnc2c(OC)c1OC. The second-order valence-electron chi connectivity index (χ2n) is 4.62. The lowest BCUT2D eigenvalue weighted by atomic mass is 10.2. The van der Waals surface area contributed by atoms with Crippen molar-refractivity contribution in [2.24, 2.45) is 0 Å². The van der Waals surface area contributed by atoms with Gasteiger partial charge in [-0.1, -0.05) is 0 Å². The Labute approximate surface area is 134 Å². The maximum Gasteiger partial charge on any atom is 0.207 e. The van der Waals surface area contributed by atoms with E-state index in [1.807, 2.05) is 6.07 Å². The molecule has 0 aliphatic carbocycles. The van der Waals surface area contributed by atoms with Gasteiger partial charge in [-0.3, -0.25) is 4.79 Å². The van der Waals surface area contributed by atoms with E-state index in [9.17, 15) is 4.79 Å². The summed E-state index contributed by atoms with van der Waals surface area (Å²) in [4.78, 5) is 18.8. The van der Waals surface area contributed by atoms with Crippen molar-refractivity contribution in [2.75, 3.05) is 39.7 Å². The van der Waals surface area contributed by atoms with Crippen molar-refractivity contribution in [2.45, 2.75) is 6.42 Å². The Kier molecular flexibility index (Phi) is 5.79. The van der Waals surface area contributed by atoms with Gasteiger partial charge in [0.2, 0.25) is 12.2 Å². The molecule has 0 atom stereocenters. The molecule has 0 saturated carbocycles. The largest absolute Gasteiger partial charge is 0.493 e. The van der Waals surface area contributed by atoms with Gasteiger partial charge in [0.1, 0.15) is 17.7 Å². The molecule has 0 spiro atoms. The molecule has 1 heterocycles. The van der Waals surface area contributed by atoms with Crippen molar-refractivity contribution < 1.29 is 19.0 Å². The number of hydrogen-bond acceptors (Lipinski definition) is 7. The molecule has 124 valence electrons. The number of anilines is 1. The summed E-state index contributed by atoms with van der Waals surface area (Å²) in [6.45, 7) is 1.25. The van der Waals surface area contributed by atoms with E-state index in [1.54, 1.807) is 21.3 Å². The molecule has 2 rings (SSSR count). The fourth-order valence-electron chi connectivity index (χ4n) is 2.26. The first kappa shape index (κ1) is 16.6. The number of aromatic nitrogens is 2. The fourth-order valence-corrected chi connectivity index (χ4v) is 2.26. The van der Waals surface area contributed by atoms with Crippen LogP contribution in [0.2, 0.25) is 0 Å². The molecule has 0 fully saturated rings. The molecule has 0 bridgehead atoms. The van der Waals surface area contributed by atoms with Gasteiger partial charge in [-0.15, -0.1) is 0 Å². The molecule has 1 amide bonds. The fraction of sp³-hybridized carbons (Fsp3) is 0.400. The Morgan fingerprint density at radius 1 is 1.09 bits per heavy atom. The van der Waals surface area contributed by atoms with Crippen LogP contribution in [0.15, 0.2) is 12.4 Å². The van der Waals surface area contributed by atoms with Crippen molar-refractivity contribution in [1.82, 2.24) is 15.3 Å². The number of hydrogen-bond donors (Lipinski definition) is 2. The minimum absolute atomic E-state index is 0.488. The average molecular weight is 320 g/mol. The van der Waals surface area contributed by atoms with E-state index in [1.165, 1.54) is 6.33 Å². The van der Waals surface area contributed by atoms with Crippen LogP contribution < -0.4 is 24.8 Å². The standard InChI is InChI=1S/C15H20N4O4/c1-21-11-7-10-12(14(23-3)13(11)22-2)18-8-19-15(10)17-6-4-5-16-9-20/h7-9H,4-6H2,1-3H3,(H,16,20)(H,17,18,19). The van der Waals surface area contributed by atoms with Crippen molar-refractivity contribution >= 4 is 23.1 Å². The van der Waals surface area contributed by atoms with E-state index in [2.05, 4.69) is 20.6 Å². The molecule has 0 radical (unpaired) electrons. The number of nitrogens with zero attached hydrogens (tertiary/aromatic N) is 2. The van der Waals surface area contributed by atoms with Crippen LogP contribution >= 0.6 is 0 Å². The number of rotatable bonds is 9. The van der Waals surface area contributed by atoms with Crippen molar-refractivity contribution in [3.63, 3.8) is 0 Å². The van der Waals surface area contributed by atoms with Gasteiger partial charge in [0, 0.05) is 13.1 Å². The highest BCUT2D eigenvalue weighted by Crippen LogP contribution is 2.43. The summed E-state index contributed by atoms with van der Waals surface area (Å²) in [7, 11) is 4.66. The zero-order valence-corrected chi connectivity index (χ0v) is 13.4. The molecule has 8 heteroatoms. The molecule has 0 saturated heterocycles. The number of fused-ring (bicyclic) bond motifs is 1. The Hall–Kier alpha value is -2.77. The average Bonchev–Trinajstić information content (AvgIpc) is 2.59. The van der Waals surface area contributed by atoms with E-state index in [4.69, 9.17) is 14.2 Å². The van der Waals surface area contributed by atoms with E-state index < -0.39 is 0 Å². The number of methoxy groups -OCH3 is 3. The number of carbonyl (C=O) groups excluding carboxylic acids is 1. The third kappa shape index (κ3) is 3.53. The number of carbonyl (C=O) groups is 1. The van der Waals surface area contributed by atoms with Crippen LogP contribution in [0.3, 0.4) is 0 Å². The molecule has 8 nitrogen and oxygen atoms in total. The highest BCUT2D eigenvalue weighted by atomic mass is 16.5. The molecule has 2 N–H and O–H groups in total. The van der Waals surface area contributed by atoms with Gasteiger partial charge in [0.15, 0.2) is 11.5 Å². The van der Waals surface area contributed by atoms with E-state index >= 15 is 0 Å². The van der Waals surface area contributed by atoms with E-state index in [0.29, 0.717) is 48.1 Å². The summed E-state index contributed by atoms with van der Waals surface area (Å²) in [5.74, 6) is 2.19. The Morgan fingerprint density at radius 3 is 2.52 bits per heavy atom. The molecule has 2 aromatic rings. The molecule has 1 aromatic carbocycles. The van der Waals surface area contributed by atoms with Gasteiger partial charge >= 0.3 is 0 Å². The number of ether oxygens (including phenoxy) is 3. The highest BCUT2D eigenvalue weighted by Gasteiger charge is 2.19. The van der Waals surface area contributed by atoms with Gasteiger partial charge in [0.05, 0.1) is 26.7 Å². The smallest absolute Gasteiger partial charge is 0.207 e. The van der Waals surface area contributed by atoms with Gasteiger partial charge in [-0.25, -0.2) is 9.97 Å². The van der Waals surface area contributed by atoms with Crippen molar-refractivity contribution in [3.8, 4) is 17.2 Å². The summed E-state index contributed by atoms with van der Waals surface area (Å²) in [5, 5.41) is 6.61. The van der Waals surface area contributed by atoms with Crippen LogP contribution in [0.25, 0.3) is 10.9 Å². The van der Waals surface area contributed by atoms with Gasteiger partial charge in [-0.05, 0) is 12.5 Å². The van der Waals surface area contributed by atoms with Crippen LogP contribution in [-0.4, -0.2) is 50.8 Å². The molecule has 0 aliphatic rings. The second-order valence-corrected chi connectivity index (χ2v) is 4.62. The van der Waals surface area contributed by atoms with Crippen LogP contribution in [0.5, 0.6) is 17.2 Å². The lowest BCUT2D eigenvalue weighted by molar-refractivity contribution is -0.109. The monoisotopic (exact) mass is 320 g/mol. The first-order chi connectivity index (χ1) is 11.3. The minimum Gasteiger partial charge on any atom is -0.493 e. The van der Waals surface area contributed by atoms with Crippen LogP contribution in [0, 0.1) is 0 Å². The maximum absolute atomic E-state index is 10.2. The van der Waals surface area contributed by atoms with Gasteiger partial charge < -0.3 is 24.8 Å². The van der Waals surface area contributed by atoms with Crippen molar-refractivity contribution in [1.29, 1.82) is 0 Å². The normalized spacial score (nSPS) is 10.2.